The number of likely N-dealkylation sites (tertiary alicyclic amines) is 1. The second kappa shape index (κ2) is 40.5. The highest BCUT2D eigenvalue weighted by Crippen LogP contribution is 2.11. The lowest BCUT2D eigenvalue weighted by atomic mass is 10.1. The van der Waals surface area contributed by atoms with Crippen molar-refractivity contribution in [3.05, 3.63) is 48.6 Å². The predicted molar refractivity (Wildman–Crippen MR) is 232 cm³/mol. The SMILES string of the molecule is CCCCC/C=C\C/C=C\CCCCCCCCOC(=O)CCN(CCC(=O)OCCCCCCCC/C=C\C/C=C\CCCCC)CCN1CCCC1. The Bertz CT molecular complexity index is 886. The topological polar surface area (TPSA) is 59.1 Å². The molecule has 1 aliphatic heterocycles. The number of ether oxygens (including phenoxy) is 2. The molecular formula is C48H86N2O4. The molecule has 54 heavy (non-hydrogen) atoms. The maximum absolute atomic E-state index is 12.5. The standard InChI is InChI=1S/C48H86N2O4/c1-3-5-7-9-11-13-15-17-19-21-23-25-27-29-31-35-45-53-47(51)37-41-50(44-43-49-39-33-34-40-49)42-38-48(52)54-46-36-32-30-28-26-24-22-20-18-16-14-12-10-8-6-4-2/h11-14,17-20H,3-10,15-16,21-46H2,1-2H3/b13-11-,14-12-,19-17-,20-18-. The monoisotopic (exact) mass is 755 g/mol. The number of carbonyl (C=O) groups is 2. The fourth-order valence-electron chi connectivity index (χ4n) is 6.82. The van der Waals surface area contributed by atoms with Crippen molar-refractivity contribution >= 4 is 11.9 Å². The average molecular weight is 755 g/mol. The van der Waals surface area contributed by atoms with E-state index in [0.29, 0.717) is 39.1 Å². The van der Waals surface area contributed by atoms with Crippen molar-refractivity contribution in [2.45, 2.75) is 194 Å². The minimum atomic E-state index is -0.122. The third kappa shape index (κ3) is 35.5. The van der Waals surface area contributed by atoms with Gasteiger partial charge in [0.25, 0.3) is 0 Å². The molecular weight excluding hydrogens is 669 g/mol. The number of rotatable bonds is 39. The quantitative estimate of drug-likeness (QED) is 0.0354. The first-order valence-electron chi connectivity index (χ1n) is 23.0. The van der Waals surface area contributed by atoms with Crippen LogP contribution in [0.5, 0.6) is 0 Å². The summed E-state index contributed by atoms with van der Waals surface area (Å²) in [5.41, 5.74) is 0. The van der Waals surface area contributed by atoms with E-state index < -0.39 is 0 Å². The van der Waals surface area contributed by atoms with Gasteiger partial charge in [0.1, 0.15) is 0 Å². The molecule has 0 N–H and O–H groups in total. The molecule has 1 fully saturated rings. The van der Waals surface area contributed by atoms with E-state index >= 15 is 0 Å². The van der Waals surface area contributed by atoms with Crippen LogP contribution in [0.15, 0.2) is 48.6 Å². The highest BCUT2D eigenvalue weighted by Gasteiger charge is 2.16. The molecule has 0 unspecified atom stereocenters. The molecule has 1 heterocycles. The molecule has 0 amide bonds. The molecule has 1 rings (SSSR count). The van der Waals surface area contributed by atoms with Gasteiger partial charge in [0.05, 0.1) is 26.1 Å². The molecule has 0 atom stereocenters. The van der Waals surface area contributed by atoms with E-state index in [-0.39, 0.29) is 11.9 Å². The van der Waals surface area contributed by atoms with Gasteiger partial charge in [-0.2, -0.15) is 0 Å². The fourth-order valence-corrected chi connectivity index (χ4v) is 6.82. The summed E-state index contributed by atoms with van der Waals surface area (Å²) in [4.78, 5) is 29.8. The highest BCUT2D eigenvalue weighted by molar-refractivity contribution is 5.70. The van der Waals surface area contributed by atoms with E-state index in [4.69, 9.17) is 9.47 Å². The normalized spacial score (nSPS) is 13.9. The Labute approximate surface area is 334 Å². The van der Waals surface area contributed by atoms with Gasteiger partial charge in [-0.3, -0.25) is 9.59 Å². The van der Waals surface area contributed by atoms with E-state index in [1.54, 1.807) is 0 Å². The largest absolute Gasteiger partial charge is 0.466 e. The Balaban J connectivity index is 2.07. The number of allylic oxidation sites excluding steroid dienone is 8. The lowest BCUT2D eigenvalue weighted by Gasteiger charge is -2.24. The van der Waals surface area contributed by atoms with Crippen molar-refractivity contribution in [3.63, 3.8) is 0 Å². The number of nitrogens with zero attached hydrogens (tertiary/aromatic N) is 2. The summed E-state index contributed by atoms with van der Waals surface area (Å²) < 4.78 is 11.1. The summed E-state index contributed by atoms with van der Waals surface area (Å²) in [6, 6.07) is 0. The molecule has 312 valence electrons. The minimum absolute atomic E-state index is 0.122. The van der Waals surface area contributed by atoms with E-state index in [9.17, 15) is 9.59 Å². The van der Waals surface area contributed by atoms with Gasteiger partial charge < -0.3 is 19.3 Å². The molecule has 0 aromatic heterocycles. The average Bonchev–Trinajstić information content (AvgIpc) is 3.71. The highest BCUT2D eigenvalue weighted by atomic mass is 16.5. The Morgan fingerprint density at radius 3 is 1.26 bits per heavy atom. The van der Waals surface area contributed by atoms with Crippen molar-refractivity contribution in [1.29, 1.82) is 0 Å². The second-order valence-electron chi connectivity index (χ2n) is 15.5. The van der Waals surface area contributed by atoms with Crippen LogP contribution in [0.2, 0.25) is 0 Å². The van der Waals surface area contributed by atoms with Gasteiger partial charge in [-0.1, -0.05) is 140 Å². The molecule has 0 aromatic rings. The number of unbranched alkanes of at least 4 members (excludes halogenated alkanes) is 18. The van der Waals surface area contributed by atoms with Gasteiger partial charge >= 0.3 is 11.9 Å². The lowest BCUT2D eigenvalue weighted by Crippen LogP contribution is -2.36. The van der Waals surface area contributed by atoms with Gasteiger partial charge in [-0.25, -0.2) is 0 Å². The molecule has 0 saturated carbocycles. The number of carbonyl (C=O) groups excluding carboxylic acids is 2. The zero-order valence-corrected chi connectivity index (χ0v) is 35.6. The summed E-state index contributed by atoms with van der Waals surface area (Å²) in [6.45, 7) is 11.0. The van der Waals surface area contributed by atoms with Gasteiger partial charge in [-0.15, -0.1) is 0 Å². The predicted octanol–water partition coefficient (Wildman–Crippen LogP) is 12.9. The van der Waals surface area contributed by atoms with Crippen LogP contribution >= 0.6 is 0 Å². The first-order valence-corrected chi connectivity index (χ1v) is 23.0. The number of hydrogen-bond donors (Lipinski definition) is 0. The molecule has 0 aromatic carbocycles. The molecule has 0 aliphatic carbocycles. The van der Waals surface area contributed by atoms with Crippen LogP contribution in [0.4, 0.5) is 0 Å². The van der Waals surface area contributed by atoms with Crippen LogP contribution in [-0.4, -0.2) is 74.2 Å². The summed E-state index contributed by atoms with van der Waals surface area (Å²) >= 11 is 0. The first-order chi connectivity index (χ1) is 26.7. The third-order valence-corrected chi connectivity index (χ3v) is 10.4. The number of esters is 2. The van der Waals surface area contributed by atoms with Gasteiger partial charge in [-0.05, 0) is 103 Å². The summed E-state index contributed by atoms with van der Waals surface area (Å²) in [6.07, 6.45) is 50.7. The summed E-state index contributed by atoms with van der Waals surface area (Å²) in [5, 5.41) is 0. The van der Waals surface area contributed by atoms with Gasteiger partial charge in [0, 0.05) is 26.2 Å². The molecule has 6 heteroatoms. The van der Waals surface area contributed by atoms with Crippen LogP contribution in [0, 0.1) is 0 Å². The Morgan fingerprint density at radius 1 is 0.481 bits per heavy atom. The van der Waals surface area contributed by atoms with Crippen molar-refractivity contribution in [2.75, 3.05) is 52.5 Å². The smallest absolute Gasteiger partial charge is 0.307 e. The van der Waals surface area contributed by atoms with E-state index in [2.05, 4.69) is 72.3 Å². The minimum Gasteiger partial charge on any atom is -0.466 e. The zero-order valence-electron chi connectivity index (χ0n) is 35.6. The van der Waals surface area contributed by atoms with E-state index in [1.165, 1.54) is 128 Å². The lowest BCUT2D eigenvalue weighted by molar-refractivity contribution is -0.144. The van der Waals surface area contributed by atoms with Crippen molar-refractivity contribution in [1.82, 2.24) is 9.80 Å². The van der Waals surface area contributed by atoms with Crippen LogP contribution < -0.4 is 0 Å². The van der Waals surface area contributed by atoms with Crippen LogP contribution in [0.25, 0.3) is 0 Å². The Kier molecular flexibility index (Phi) is 37.4. The van der Waals surface area contributed by atoms with E-state index in [0.717, 1.165) is 64.7 Å². The zero-order chi connectivity index (χ0) is 38.8. The van der Waals surface area contributed by atoms with Gasteiger partial charge in [0.15, 0.2) is 0 Å². The first kappa shape index (κ1) is 49.8. The van der Waals surface area contributed by atoms with Crippen molar-refractivity contribution < 1.29 is 19.1 Å². The molecule has 0 spiro atoms. The van der Waals surface area contributed by atoms with Gasteiger partial charge in [0.2, 0.25) is 0 Å². The molecule has 0 bridgehead atoms. The Hall–Kier alpha value is -2.18. The summed E-state index contributed by atoms with van der Waals surface area (Å²) in [5.74, 6) is -0.243. The van der Waals surface area contributed by atoms with Crippen molar-refractivity contribution in [3.8, 4) is 0 Å². The molecule has 1 saturated heterocycles. The number of hydrogen-bond acceptors (Lipinski definition) is 6. The fraction of sp³-hybridized carbons (Fsp3) is 0.792. The van der Waals surface area contributed by atoms with E-state index in [1.807, 2.05) is 0 Å². The molecule has 1 aliphatic rings. The van der Waals surface area contributed by atoms with Crippen LogP contribution in [0.1, 0.15) is 194 Å². The maximum Gasteiger partial charge on any atom is 0.307 e. The van der Waals surface area contributed by atoms with Crippen LogP contribution in [-0.2, 0) is 19.1 Å². The second-order valence-corrected chi connectivity index (χ2v) is 15.5. The summed E-state index contributed by atoms with van der Waals surface area (Å²) in [7, 11) is 0. The Morgan fingerprint density at radius 2 is 0.852 bits per heavy atom. The maximum atomic E-state index is 12.5. The molecule has 0 radical (unpaired) electrons. The van der Waals surface area contributed by atoms with Crippen LogP contribution in [0.3, 0.4) is 0 Å². The third-order valence-electron chi connectivity index (χ3n) is 10.4. The van der Waals surface area contributed by atoms with Crippen molar-refractivity contribution in [2.24, 2.45) is 0 Å². The molecule has 6 nitrogen and oxygen atoms in total.